The summed E-state index contributed by atoms with van der Waals surface area (Å²) in [5, 5.41) is 12.7. The van der Waals surface area contributed by atoms with E-state index in [1.165, 1.54) is 4.57 Å². The summed E-state index contributed by atoms with van der Waals surface area (Å²) in [6, 6.07) is 0.271. The number of benzene rings is 1. The van der Waals surface area contributed by atoms with Gasteiger partial charge in [-0.05, 0) is 13.3 Å². The average molecular weight is 451 g/mol. The maximum Gasteiger partial charge on any atom is 0.274 e. The van der Waals surface area contributed by atoms with E-state index in [0.29, 0.717) is 31.7 Å². The molecule has 2 aliphatic rings. The van der Waals surface area contributed by atoms with Crippen LogP contribution in [0.15, 0.2) is 23.1 Å². The molecule has 0 saturated carbocycles. The van der Waals surface area contributed by atoms with Crippen LogP contribution in [0.2, 0.25) is 0 Å². The summed E-state index contributed by atoms with van der Waals surface area (Å²) in [7, 11) is 0. The Hall–Kier alpha value is -3.34. The molecule has 11 heteroatoms. The number of rotatable bonds is 4. The predicted octanol–water partition coefficient (Wildman–Crippen LogP) is 1.71. The molecule has 1 fully saturated rings. The van der Waals surface area contributed by atoms with E-state index in [1.807, 2.05) is 0 Å². The number of aromatic nitrogens is 1. The standard InChI is InChI=1S/C21H20F3N3O5/c1-2-26-15-3-4-32-9-16(15)27-8-12(18(28)19(29)17(27)21(26)31)20(30)25-7-11-13(23)5-10(22)6-14(11)24/h5-6,8,15-16,29H,2-4,7,9H2,1H3,(H,25,30). The molecule has 0 bridgehead atoms. The Morgan fingerprint density at radius 1 is 1.22 bits per heavy atom. The molecular formula is C21H20F3N3O5. The van der Waals surface area contributed by atoms with E-state index in [2.05, 4.69) is 5.32 Å². The fraction of sp³-hybridized carbons (Fsp3) is 0.381. The Bertz CT molecular complexity index is 1140. The van der Waals surface area contributed by atoms with Gasteiger partial charge >= 0.3 is 0 Å². The van der Waals surface area contributed by atoms with E-state index in [9.17, 15) is 32.7 Å². The quantitative estimate of drug-likeness (QED) is 0.737. The first kappa shape index (κ1) is 21.9. The van der Waals surface area contributed by atoms with Crippen LogP contribution in [0.3, 0.4) is 0 Å². The van der Waals surface area contributed by atoms with Crippen LogP contribution in [-0.4, -0.2) is 52.2 Å². The zero-order chi connectivity index (χ0) is 23.2. The Labute approximate surface area is 180 Å². The molecule has 32 heavy (non-hydrogen) atoms. The van der Waals surface area contributed by atoms with Crippen LogP contribution >= 0.6 is 0 Å². The van der Waals surface area contributed by atoms with Crippen molar-refractivity contribution in [2.75, 3.05) is 19.8 Å². The van der Waals surface area contributed by atoms with Crippen LogP contribution in [0.4, 0.5) is 13.2 Å². The molecule has 0 spiro atoms. The summed E-state index contributed by atoms with van der Waals surface area (Å²) in [5.41, 5.74) is -2.42. The van der Waals surface area contributed by atoms with Gasteiger partial charge in [0.1, 0.15) is 23.0 Å². The van der Waals surface area contributed by atoms with Gasteiger partial charge in [-0.1, -0.05) is 0 Å². The Morgan fingerprint density at radius 3 is 2.56 bits per heavy atom. The summed E-state index contributed by atoms with van der Waals surface area (Å²) in [4.78, 5) is 39.8. The first-order valence-corrected chi connectivity index (χ1v) is 10.0. The fourth-order valence-electron chi connectivity index (χ4n) is 4.27. The second-order valence-electron chi connectivity index (χ2n) is 7.60. The number of halogens is 3. The molecule has 4 rings (SSSR count). The molecule has 3 heterocycles. The Balaban J connectivity index is 1.70. The van der Waals surface area contributed by atoms with Crippen molar-refractivity contribution < 1.29 is 32.6 Å². The number of nitrogens with zero attached hydrogens (tertiary/aromatic N) is 2. The van der Waals surface area contributed by atoms with E-state index >= 15 is 0 Å². The minimum atomic E-state index is -1.19. The first-order chi connectivity index (χ1) is 15.2. The van der Waals surface area contributed by atoms with Gasteiger partial charge < -0.3 is 24.6 Å². The zero-order valence-electron chi connectivity index (χ0n) is 17.0. The number of nitrogens with one attached hydrogen (secondary N) is 1. The lowest BCUT2D eigenvalue weighted by atomic mass is 9.96. The van der Waals surface area contributed by atoms with Crippen molar-refractivity contribution in [1.82, 2.24) is 14.8 Å². The van der Waals surface area contributed by atoms with Crippen molar-refractivity contribution in [1.29, 1.82) is 0 Å². The number of ether oxygens (including phenoxy) is 1. The number of aromatic hydroxyl groups is 1. The number of carbonyl (C=O) groups excluding carboxylic acids is 2. The number of pyridine rings is 1. The summed E-state index contributed by atoms with van der Waals surface area (Å²) < 4.78 is 47.6. The zero-order valence-corrected chi connectivity index (χ0v) is 17.0. The van der Waals surface area contributed by atoms with Crippen LogP contribution in [0.25, 0.3) is 0 Å². The second kappa shape index (κ2) is 8.30. The lowest BCUT2D eigenvalue weighted by Crippen LogP contribution is -2.55. The summed E-state index contributed by atoms with van der Waals surface area (Å²) >= 11 is 0. The molecule has 1 aromatic heterocycles. The molecule has 2 aliphatic heterocycles. The van der Waals surface area contributed by atoms with Gasteiger partial charge in [-0.2, -0.15) is 0 Å². The lowest BCUT2D eigenvalue weighted by Gasteiger charge is -2.45. The minimum Gasteiger partial charge on any atom is -0.503 e. The largest absolute Gasteiger partial charge is 0.503 e. The molecule has 8 nitrogen and oxygen atoms in total. The van der Waals surface area contributed by atoms with Crippen molar-refractivity contribution in [2.24, 2.45) is 0 Å². The third kappa shape index (κ3) is 3.52. The number of hydrogen-bond acceptors (Lipinski definition) is 5. The molecule has 2 atom stereocenters. The Morgan fingerprint density at radius 2 is 1.91 bits per heavy atom. The summed E-state index contributed by atoms with van der Waals surface area (Å²) in [6.45, 7) is 2.14. The number of likely N-dealkylation sites (N-methyl/N-ethyl adjacent to an activating group) is 1. The van der Waals surface area contributed by atoms with Crippen molar-refractivity contribution in [3.05, 3.63) is 62.8 Å². The smallest absolute Gasteiger partial charge is 0.274 e. The molecular weight excluding hydrogens is 431 g/mol. The van der Waals surface area contributed by atoms with Gasteiger partial charge in [0.15, 0.2) is 11.4 Å². The van der Waals surface area contributed by atoms with Gasteiger partial charge in [0, 0.05) is 43.6 Å². The van der Waals surface area contributed by atoms with E-state index in [4.69, 9.17) is 4.74 Å². The highest BCUT2D eigenvalue weighted by Gasteiger charge is 2.43. The third-order valence-electron chi connectivity index (χ3n) is 5.84. The molecule has 2 N–H and O–H groups in total. The van der Waals surface area contributed by atoms with Crippen molar-refractivity contribution in [3.63, 3.8) is 0 Å². The molecule has 2 aromatic rings. The van der Waals surface area contributed by atoms with Gasteiger partial charge in [-0.25, -0.2) is 13.2 Å². The number of fused-ring (bicyclic) bond motifs is 3. The highest BCUT2D eigenvalue weighted by atomic mass is 19.1. The highest BCUT2D eigenvalue weighted by molar-refractivity contribution is 5.99. The fourth-order valence-corrected chi connectivity index (χ4v) is 4.27. The monoisotopic (exact) mass is 451 g/mol. The summed E-state index contributed by atoms with van der Waals surface area (Å²) in [5.74, 6) is -5.93. The van der Waals surface area contributed by atoms with Gasteiger partial charge in [0.2, 0.25) is 5.43 Å². The highest BCUT2D eigenvalue weighted by Crippen LogP contribution is 2.34. The van der Waals surface area contributed by atoms with Gasteiger partial charge in [0.05, 0.1) is 18.7 Å². The van der Waals surface area contributed by atoms with Gasteiger partial charge in [-0.3, -0.25) is 14.4 Å². The number of carbonyl (C=O) groups is 2. The van der Waals surface area contributed by atoms with E-state index in [1.54, 1.807) is 11.8 Å². The van der Waals surface area contributed by atoms with Crippen LogP contribution in [0.5, 0.6) is 5.75 Å². The second-order valence-corrected chi connectivity index (χ2v) is 7.60. The van der Waals surface area contributed by atoms with E-state index < -0.39 is 64.2 Å². The van der Waals surface area contributed by atoms with Crippen molar-refractivity contribution >= 4 is 11.8 Å². The molecule has 0 radical (unpaired) electrons. The topological polar surface area (TPSA) is 101 Å². The van der Waals surface area contributed by atoms with Gasteiger partial charge in [-0.15, -0.1) is 0 Å². The molecule has 2 amide bonds. The molecule has 0 aliphatic carbocycles. The number of hydrogen-bond donors (Lipinski definition) is 2. The molecule has 1 saturated heterocycles. The maximum atomic E-state index is 13.8. The normalized spacial score (nSPS) is 20.0. The van der Waals surface area contributed by atoms with E-state index in [-0.39, 0.29) is 18.3 Å². The number of amides is 2. The van der Waals surface area contributed by atoms with Crippen molar-refractivity contribution in [3.8, 4) is 5.75 Å². The predicted molar refractivity (Wildman–Crippen MR) is 105 cm³/mol. The lowest BCUT2D eigenvalue weighted by molar-refractivity contribution is -0.0134. The summed E-state index contributed by atoms with van der Waals surface area (Å²) in [6.07, 6.45) is 1.70. The van der Waals surface area contributed by atoms with Crippen molar-refractivity contribution in [2.45, 2.75) is 32.0 Å². The van der Waals surface area contributed by atoms with E-state index in [0.717, 1.165) is 6.20 Å². The molecule has 1 aromatic carbocycles. The molecule has 2 unspecified atom stereocenters. The van der Waals surface area contributed by atoms with Crippen LogP contribution in [-0.2, 0) is 11.3 Å². The maximum absolute atomic E-state index is 13.8. The Kier molecular flexibility index (Phi) is 5.68. The molecule has 170 valence electrons. The van der Waals surface area contributed by atoms with Crippen LogP contribution < -0.4 is 10.7 Å². The SMILES string of the molecule is CCN1C(=O)c2c(O)c(=O)c(C(=O)NCc3c(F)cc(F)cc3F)cn2C2COCCC21. The third-order valence-corrected chi connectivity index (χ3v) is 5.84. The average Bonchev–Trinajstić information content (AvgIpc) is 2.75. The first-order valence-electron chi connectivity index (χ1n) is 10.0. The van der Waals surface area contributed by atoms with Crippen LogP contribution in [0, 0.1) is 17.5 Å². The van der Waals surface area contributed by atoms with Gasteiger partial charge in [0.25, 0.3) is 11.8 Å². The van der Waals surface area contributed by atoms with Crippen LogP contribution in [0.1, 0.15) is 45.8 Å². The minimum absolute atomic E-state index is 0.205.